The number of nitriles is 1. The summed E-state index contributed by atoms with van der Waals surface area (Å²) >= 11 is 0. The predicted octanol–water partition coefficient (Wildman–Crippen LogP) is 4.12. The molecule has 3 rings (SSSR count). The second kappa shape index (κ2) is 3.63. The van der Waals surface area contributed by atoms with Crippen LogP contribution in [0.2, 0.25) is 0 Å². The minimum absolute atomic E-state index is 0.323. The van der Waals surface area contributed by atoms with Crippen LogP contribution in [0.4, 0.5) is 0 Å². The van der Waals surface area contributed by atoms with Crippen LogP contribution in [-0.2, 0) is 25.7 Å². The van der Waals surface area contributed by atoms with Crippen molar-refractivity contribution in [3.8, 4) is 6.07 Å². The van der Waals surface area contributed by atoms with Crippen LogP contribution in [-0.4, -0.2) is 0 Å². The molecule has 0 heterocycles. The third kappa shape index (κ3) is 1.81. The van der Waals surface area contributed by atoms with Crippen molar-refractivity contribution in [2.24, 2.45) is 10.8 Å². The summed E-state index contributed by atoms with van der Waals surface area (Å²) in [6.07, 6.45) is 4.41. The first-order valence-electron chi connectivity index (χ1n) is 7.30. The smallest absolute Gasteiger partial charge is 0.0997 e. The largest absolute Gasteiger partial charge is 0.192 e. The lowest BCUT2D eigenvalue weighted by molar-refractivity contribution is 0.387. The van der Waals surface area contributed by atoms with Gasteiger partial charge in [-0.2, -0.15) is 5.26 Å². The van der Waals surface area contributed by atoms with E-state index in [0.29, 0.717) is 10.8 Å². The van der Waals surface area contributed by atoms with Gasteiger partial charge in [0.15, 0.2) is 0 Å². The molecular formula is C18H23N. The lowest BCUT2D eigenvalue weighted by atomic mass is 9.88. The van der Waals surface area contributed by atoms with Gasteiger partial charge in [0, 0.05) is 0 Å². The lowest BCUT2D eigenvalue weighted by Gasteiger charge is -2.16. The molecule has 19 heavy (non-hydrogen) atoms. The average Bonchev–Trinajstić information content (AvgIpc) is 2.76. The molecule has 0 aliphatic heterocycles. The molecule has 1 aromatic carbocycles. The molecule has 0 saturated heterocycles. The zero-order valence-corrected chi connectivity index (χ0v) is 12.8. The van der Waals surface area contributed by atoms with Crippen LogP contribution in [0.25, 0.3) is 0 Å². The fourth-order valence-corrected chi connectivity index (χ4v) is 4.16. The Balaban J connectivity index is 2.26. The first kappa shape index (κ1) is 12.7. The van der Waals surface area contributed by atoms with Crippen LogP contribution >= 0.6 is 0 Å². The molecule has 2 aliphatic carbocycles. The van der Waals surface area contributed by atoms with Gasteiger partial charge in [-0.05, 0) is 71.3 Å². The molecule has 2 aliphatic rings. The summed E-state index contributed by atoms with van der Waals surface area (Å²) < 4.78 is 0. The minimum atomic E-state index is 0.323. The molecular weight excluding hydrogens is 230 g/mol. The number of fused-ring (bicyclic) bond motifs is 2. The molecule has 0 radical (unpaired) electrons. The van der Waals surface area contributed by atoms with Gasteiger partial charge in [-0.3, -0.25) is 0 Å². The van der Waals surface area contributed by atoms with Gasteiger partial charge in [0.1, 0.15) is 0 Å². The maximum Gasteiger partial charge on any atom is 0.0997 e. The maximum absolute atomic E-state index is 9.65. The molecule has 0 unspecified atom stereocenters. The number of nitrogens with zero attached hydrogens (tertiary/aromatic N) is 1. The van der Waals surface area contributed by atoms with E-state index in [4.69, 9.17) is 0 Å². The van der Waals surface area contributed by atoms with Crippen molar-refractivity contribution in [2.75, 3.05) is 0 Å². The van der Waals surface area contributed by atoms with Crippen molar-refractivity contribution in [1.29, 1.82) is 5.26 Å². The zero-order valence-electron chi connectivity index (χ0n) is 12.8. The SMILES string of the molecule is Cc1c2c(c(C#N)c3c1CC(C)(C)C3)CC(C)(C)C2. The Bertz CT molecular complexity index is 567. The topological polar surface area (TPSA) is 23.8 Å². The minimum Gasteiger partial charge on any atom is -0.192 e. The summed E-state index contributed by atoms with van der Waals surface area (Å²) in [4.78, 5) is 0. The molecule has 0 fully saturated rings. The molecule has 1 aromatic rings. The van der Waals surface area contributed by atoms with Gasteiger partial charge in [-0.25, -0.2) is 0 Å². The number of benzene rings is 1. The highest BCUT2D eigenvalue weighted by atomic mass is 14.4. The van der Waals surface area contributed by atoms with E-state index in [-0.39, 0.29) is 0 Å². The van der Waals surface area contributed by atoms with Gasteiger partial charge >= 0.3 is 0 Å². The van der Waals surface area contributed by atoms with Crippen LogP contribution in [0.15, 0.2) is 0 Å². The van der Waals surface area contributed by atoms with Crippen LogP contribution in [0.5, 0.6) is 0 Å². The molecule has 0 atom stereocenters. The van der Waals surface area contributed by atoms with Crippen molar-refractivity contribution in [3.63, 3.8) is 0 Å². The van der Waals surface area contributed by atoms with Crippen molar-refractivity contribution in [1.82, 2.24) is 0 Å². The molecule has 0 spiro atoms. The van der Waals surface area contributed by atoms with Crippen LogP contribution in [0, 0.1) is 29.1 Å². The highest BCUT2D eigenvalue weighted by molar-refractivity contribution is 5.60. The van der Waals surface area contributed by atoms with Crippen LogP contribution in [0.1, 0.15) is 61.1 Å². The van der Waals surface area contributed by atoms with Crippen LogP contribution in [0.3, 0.4) is 0 Å². The Morgan fingerprint density at radius 1 is 0.789 bits per heavy atom. The Kier molecular flexibility index (Phi) is 2.43. The Hall–Kier alpha value is -1.29. The van der Waals surface area contributed by atoms with Crippen molar-refractivity contribution >= 4 is 0 Å². The number of hydrogen-bond acceptors (Lipinski definition) is 1. The summed E-state index contributed by atoms with van der Waals surface area (Å²) in [5, 5.41) is 9.65. The summed E-state index contributed by atoms with van der Waals surface area (Å²) in [5.41, 5.74) is 8.85. The zero-order chi connectivity index (χ0) is 14.0. The molecule has 1 nitrogen and oxygen atoms in total. The lowest BCUT2D eigenvalue weighted by Crippen LogP contribution is -2.11. The van der Waals surface area contributed by atoms with E-state index in [9.17, 15) is 5.26 Å². The van der Waals surface area contributed by atoms with Crippen molar-refractivity contribution in [3.05, 3.63) is 33.4 Å². The fraction of sp³-hybridized carbons (Fsp3) is 0.611. The molecule has 100 valence electrons. The summed E-state index contributed by atoms with van der Waals surface area (Å²) in [5.74, 6) is 0. The van der Waals surface area contributed by atoms with E-state index in [1.165, 1.54) is 27.8 Å². The van der Waals surface area contributed by atoms with Crippen LogP contribution < -0.4 is 0 Å². The van der Waals surface area contributed by atoms with Crippen molar-refractivity contribution in [2.45, 2.75) is 60.3 Å². The van der Waals surface area contributed by atoms with Gasteiger partial charge in [0.25, 0.3) is 0 Å². The first-order chi connectivity index (χ1) is 8.74. The summed E-state index contributed by atoms with van der Waals surface area (Å²) in [6, 6.07) is 2.53. The molecule has 1 heteroatoms. The van der Waals surface area contributed by atoms with E-state index < -0.39 is 0 Å². The third-order valence-electron chi connectivity index (χ3n) is 4.97. The standard InChI is InChI=1S/C18H23N/c1-11-12-6-17(2,3)8-14(12)16(10-19)15-9-18(4,5)7-13(11)15/h6-9H2,1-5H3. The second-order valence-corrected chi connectivity index (χ2v) is 8.06. The Morgan fingerprint density at radius 2 is 1.16 bits per heavy atom. The van der Waals surface area contributed by atoms with E-state index in [1.807, 2.05) is 0 Å². The summed E-state index contributed by atoms with van der Waals surface area (Å²) in [7, 11) is 0. The van der Waals surface area contributed by atoms with Crippen molar-refractivity contribution < 1.29 is 0 Å². The van der Waals surface area contributed by atoms with Gasteiger partial charge in [0.05, 0.1) is 11.6 Å². The summed E-state index contributed by atoms with van der Waals surface area (Å²) in [6.45, 7) is 11.6. The van der Waals surface area contributed by atoms with E-state index in [1.54, 1.807) is 0 Å². The first-order valence-corrected chi connectivity index (χ1v) is 7.30. The van der Waals surface area contributed by atoms with E-state index in [2.05, 4.69) is 40.7 Å². The Labute approximate surface area is 116 Å². The van der Waals surface area contributed by atoms with Gasteiger partial charge < -0.3 is 0 Å². The second-order valence-electron chi connectivity index (χ2n) is 8.06. The molecule has 0 N–H and O–H groups in total. The molecule has 0 aromatic heterocycles. The molecule has 0 bridgehead atoms. The molecule has 0 saturated carbocycles. The van der Waals surface area contributed by atoms with Gasteiger partial charge in [-0.15, -0.1) is 0 Å². The third-order valence-corrected chi connectivity index (χ3v) is 4.97. The highest BCUT2D eigenvalue weighted by Crippen LogP contribution is 2.47. The maximum atomic E-state index is 9.65. The monoisotopic (exact) mass is 253 g/mol. The average molecular weight is 253 g/mol. The highest BCUT2D eigenvalue weighted by Gasteiger charge is 2.38. The normalized spacial score (nSPS) is 21.9. The van der Waals surface area contributed by atoms with Gasteiger partial charge in [0.2, 0.25) is 0 Å². The van der Waals surface area contributed by atoms with E-state index >= 15 is 0 Å². The van der Waals surface area contributed by atoms with Gasteiger partial charge in [-0.1, -0.05) is 27.7 Å². The van der Waals surface area contributed by atoms with E-state index in [0.717, 1.165) is 31.2 Å². The number of hydrogen-bond donors (Lipinski definition) is 0. The predicted molar refractivity (Wildman–Crippen MR) is 78.3 cm³/mol. The molecule has 0 amide bonds. The Morgan fingerprint density at radius 3 is 1.53 bits per heavy atom. The quantitative estimate of drug-likeness (QED) is 0.682. The number of rotatable bonds is 0. The fourth-order valence-electron chi connectivity index (χ4n) is 4.16.